The maximum absolute atomic E-state index is 12.9. The highest BCUT2D eigenvalue weighted by Gasteiger charge is 2.39. The van der Waals surface area contributed by atoms with Crippen LogP contribution in [0.5, 0.6) is 11.5 Å². The van der Waals surface area contributed by atoms with Crippen molar-refractivity contribution in [2.45, 2.75) is 26.9 Å². The summed E-state index contributed by atoms with van der Waals surface area (Å²) in [5.74, 6) is 1.21. The second-order valence-electron chi connectivity index (χ2n) is 5.89. The fraction of sp³-hybridized carbons (Fsp3) is 0.474. The van der Waals surface area contributed by atoms with E-state index < -0.39 is 0 Å². The Kier molecular flexibility index (Phi) is 7.11. The first-order valence-corrected chi connectivity index (χ1v) is 9.50. The van der Waals surface area contributed by atoms with E-state index in [1.807, 2.05) is 20.8 Å². The third-order valence-electron chi connectivity index (χ3n) is 3.85. The van der Waals surface area contributed by atoms with Crippen molar-refractivity contribution in [3.05, 3.63) is 28.7 Å². The molecule has 0 atom stereocenters. The normalized spacial score (nSPS) is 14.6. The molecule has 0 fully saturated rings. The fourth-order valence-electron chi connectivity index (χ4n) is 2.66. The number of carbonyl (C=O) groups excluding carboxylic acids is 2. The molecule has 1 aromatic rings. The molecule has 1 heterocycles. The van der Waals surface area contributed by atoms with Gasteiger partial charge in [0.25, 0.3) is 11.8 Å². The van der Waals surface area contributed by atoms with Crippen molar-refractivity contribution in [1.29, 1.82) is 0 Å². The van der Waals surface area contributed by atoms with Crippen LogP contribution in [0.4, 0.5) is 0 Å². The Hall–Kier alpha value is -1.99. The van der Waals surface area contributed by atoms with Gasteiger partial charge in [0.15, 0.2) is 11.5 Å². The Morgan fingerprint density at radius 2 is 1.77 bits per heavy atom. The Morgan fingerprint density at radius 3 is 2.35 bits per heavy atom. The van der Waals surface area contributed by atoms with Crippen LogP contribution in [0.25, 0.3) is 5.57 Å². The van der Waals surface area contributed by atoms with E-state index >= 15 is 0 Å². The molecule has 0 aromatic heterocycles. The minimum Gasteiger partial charge on any atom is -0.493 e. The number of nitrogens with zero attached hydrogens (tertiary/aromatic N) is 1. The number of hydrogen-bond acceptors (Lipinski definition) is 6. The molecule has 0 spiro atoms. The minimum atomic E-state index is -0.300. The second-order valence-corrected chi connectivity index (χ2v) is 7.16. The Bertz CT molecular complexity index is 714. The highest BCUT2D eigenvalue weighted by atomic mass is 32.2. The molecule has 0 aliphatic carbocycles. The van der Waals surface area contributed by atoms with Crippen molar-refractivity contribution >= 4 is 29.1 Å². The predicted octanol–water partition coefficient (Wildman–Crippen LogP) is 2.96. The summed E-state index contributed by atoms with van der Waals surface area (Å²) < 4.78 is 16.1. The molecule has 142 valence electrons. The molecule has 1 aromatic carbocycles. The van der Waals surface area contributed by atoms with Gasteiger partial charge < -0.3 is 14.2 Å². The molecule has 0 saturated heterocycles. The Balaban J connectivity index is 2.37. The van der Waals surface area contributed by atoms with Gasteiger partial charge in [-0.3, -0.25) is 14.5 Å². The summed E-state index contributed by atoms with van der Waals surface area (Å²) in [7, 11) is 3.09. The lowest BCUT2D eigenvalue weighted by molar-refractivity contribution is -0.137. The van der Waals surface area contributed by atoms with Crippen molar-refractivity contribution in [2.24, 2.45) is 0 Å². The Labute approximate surface area is 158 Å². The van der Waals surface area contributed by atoms with E-state index in [1.165, 1.54) is 23.8 Å². The molecule has 2 amide bonds. The SMILES string of the molecule is CCSC1=C(c2ccc(OC)c(OC)c2)C(=O)N(CCOC(C)C)C1=O. The van der Waals surface area contributed by atoms with Crippen molar-refractivity contribution in [3.63, 3.8) is 0 Å². The fourth-order valence-corrected chi connectivity index (χ4v) is 3.53. The van der Waals surface area contributed by atoms with E-state index in [9.17, 15) is 9.59 Å². The molecule has 0 unspecified atom stereocenters. The van der Waals surface area contributed by atoms with Crippen LogP contribution in [-0.4, -0.2) is 55.9 Å². The first-order chi connectivity index (χ1) is 12.4. The van der Waals surface area contributed by atoms with E-state index in [0.29, 0.717) is 39.9 Å². The second kappa shape index (κ2) is 9.09. The molecule has 1 aliphatic rings. The zero-order valence-electron chi connectivity index (χ0n) is 15.8. The molecule has 0 radical (unpaired) electrons. The molecule has 6 nitrogen and oxygen atoms in total. The lowest BCUT2D eigenvalue weighted by Crippen LogP contribution is -2.35. The number of imide groups is 1. The highest BCUT2D eigenvalue weighted by molar-refractivity contribution is 8.04. The quantitative estimate of drug-likeness (QED) is 0.615. The lowest BCUT2D eigenvalue weighted by atomic mass is 10.1. The van der Waals surface area contributed by atoms with Crippen LogP contribution in [0.15, 0.2) is 23.1 Å². The number of thioether (sulfide) groups is 1. The van der Waals surface area contributed by atoms with Crippen LogP contribution >= 0.6 is 11.8 Å². The molecule has 0 N–H and O–H groups in total. The van der Waals surface area contributed by atoms with Gasteiger partial charge in [0.2, 0.25) is 0 Å². The van der Waals surface area contributed by atoms with E-state index in [4.69, 9.17) is 14.2 Å². The summed E-state index contributed by atoms with van der Waals surface area (Å²) in [6.07, 6.45) is 0.0468. The number of carbonyl (C=O) groups is 2. The summed E-state index contributed by atoms with van der Waals surface area (Å²) in [5.41, 5.74) is 1.05. The summed E-state index contributed by atoms with van der Waals surface area (Å²) in [6.45, 7) is 6.34. The molecular weight excluding hydrogens is 354 g/mol. The zero-order valence-corrected chi connectivity index (χ0v) is 16.6. The number of benzene rings is 1. The molecule has 7 heteroatoms. The van der Waals surface area contributed by atoms with Gasteiger partial charge in [-0.25, -0.2) is 0 Å². The van der Waals surface area contributed by atoms with Crippen LogP contribution in [-0.2, 0) is 14.3 Å². The number of hydrogen-bond donors (Lipinski definition) is 0. The highest BCUT2D eigenvalue weighted by Crippen LogP contribution is 2.38. The standard InChI is InChI=1S/C19H25NO5S/c1-6-26-17-16(13-7-8-14(23-4)15(11-13)24-5)18(21)20(19(17)22)9-10-25-12(2)3/h7-8,11-12H,6,9-10H2,1-5H3. The molecular formula is C19H25NO5S. The van der Waals surface area contributed by atoms with Crippen LogP contribution in [0.1, 0.15) is 26.3 Å². The smallest absolute Gasteiger partial charge is 0.268 e. The van der Waals surface area contributed by atoms with Gasteiger partial charge in [-0.2, -0.15) is 0 Å². The average Bonchev–Trinajstić information content (AvgIpc) is 2.85. The number of amides is 2. The van der Waals surface area contributed by atoms with Gasteiger partial charge in [-0.15, -0.1) is 11.8 Å². The molecule has 0 saturated carbocycles. The molecule has 0 bridgehead atoms. The van der Waals surface area contributed by atoms with E-state index in [1.54, 1.807) is 25.3 Å². The van der Waals surface area contributed by atoms with Crippen molar-refractivity contribution in [1.82, 2.24) is 4.90 Å². The number of ether oxygens (including phenoxy) is 3. The largest absolute Gasteiger partial charge is 0.493 e. The van der Waals surface area contributed by atoms with Crippen LogP contribution in [0, 0.1) is 0 Å². The predicted molar refractivity (Wildman–Crippen MR) is 102 cm³/mol. The van der Waals surface area contributed by atoms with Crippen LogP contribution < -0.4 is 9.47 Å². The third-order valence-corrected chi connectivity index (χ3v) is 4.81. The van der Waals surface area contributed by atoms with E-state index in [2.05, 4.69) is 0 Å². The minimum absolute atomic E-state index is 0.0468. The van der Waals surface area contributed by atoms with Gasteiger partial charge in [0, 0.05) is 0 Å². The Morgan fingerprint density at radius 1 is 1.08 bits per heavy atom. The van der Waals surface area contributed by atoms with E-state index in [-0.39, 0.29) is 24.5 Å². The maximum Gasteiger partial charge on any atom is 0.268 e. The van der Waals surface area contributed by atoms with Crippen LogP contribution in [0.3, 0.4) is 0 Å². The van der Waals surface area contributed by atoms with E-state index in [0.717, 1.165) is 0 Å². The first-order valence-electron chi connectivity index (χ1n) is 8.51. The topological polar surface area (TPSA) is 65.1 Å². The van der Waals surface area contributed by atoms with Crippen molar-refractivity contribution in [3.8, 4) is 11.5 Å². The lowest BCUT2D eigenvalue weighted by Gasteiger charge is -2.16. The van der Waals surface area contributed by atoms with Gasteiger partial charge in [0.1, 0.15) is 0 Å². The summed E-state index contributed by atoms with van der Waals surface area (Å²) in [6, 6.07) is 5.23. The number of rotatable bonds is 9. The molecule has 26 heavy (non-hydrogen) atoms. The van der Waals surface area contributed by atoms with Crippen molar-refractivity contribution in [2.75, 3.05) is 33.1 Å². The summed E-state index contributed by atoms with van der Waals surface area (Å²) in [4.78, 5) is 27.4. The van der Waals surface area contributed by atoms with Gasteiger partial charge >= 0.3 is 0 Å². The van der Waals surface area contributed by atoms with Crippen molar-refractivity contribution < 1.29 is 23.8 Å². The monoisotopic (exact) mass is 379 g/mol. The summed E-state index contributed by atoms with van der Waals surface area (Å²) in [5, 5.41) is 0. The molecule has 2 rings (SSSR count). The van der Waals surface area contributed by atoms with Gasteiger partial charge in [-0.1, -0.05) is 13.0 Å². The average molecular weight is 379 g/mol. The van der Waals surface area contributed by atoms with Gasteiger partial charge in [-0.05, 0) is 37.3 Å². The third kappa shape index (κ3) is 4.22. The molecule has 1 aliphatic heterocycles. The number of methoxy groups -OCH3 is 2. The summed E-state index contributed by atoms with van der Waals surface area (Å²) >= 11 is 1.38. The first kappa shape index (κ1) is 20.3. The van der Waals surface area contributed by atoms with Crippen LogP contribution in [0.2, 0.25) is 0 Å². The van der Waals surface area contributed by atoms with Gasteiger partial charge in [0.05, 0.1) is 44.0 Å². The zero-order chi connectivity index (χ0) is 19.3. The maximum atomic E-state index is 12.9.